The molecule has 2 N–H and O–H groups in total. The molecule has 6 heteroatoms. The lowest BCUT2D eigenvalue weighted by Gasteiger charge is -2.64. The van der Waals surface area contributed by atoms with E-state index in [9.17, 15) is 24.6 Å². The highest BCUT2D eigenvalue weighted by Crippen LogP contribution is 2.74. The molecule has 4 fully saturated rings. The molecule has 5 rings (SSSR count). The zero-order valence-electron chi connectivity index (χ0n) is 23.2. The first kappa shape index (κ1) is 26.2. The first-order chi connectivity index (χ1) is 16.4. The van der Waals surface area contributed by atoms with E-state index in [-0.39, 0.29) is 65.4 Å². The van der Waals surface area contributed by atoms with Crippen LogP contribution in [0.1, 0.15) is 87.5 Å². The molecule has 1 saturated heterocycles. The van der Waals surface area contributed by atoms with E-state index in [4.69, 9.17) is 4.74 Å². The number of ketones is 3. The molecule has 0 bridgehead atoms. The highest BCUT2D eigenvalue weighted by atomic mass is 16.5. The van der Waals surface area contributed by atoms with E-state index in [1.807, 2.05) is 20.8 Å². The van der Waals surface area contributed by atoms with Crippen LogP contribution in [-0.4, -0.2) is 51.5 Å². The minimum atomic E-state index is -1.14. The van der Waals surface area contributed by atoms with E-state index in [0.29, 0.717) is 12.8 Å². The number of carbonyl (C=O) groups is 3. The molecule has 0 radical (unpaired) electrons. The molecule has 200 valence electrons. The van der Waals surface area contributed by atoms with Crippen LogP contribution in [0, 0.1) is 45.3 Å². The van der Waals surface area contributed by atoms with Gasteiger partial charge in [0.2, 0.25) is 0 Å². The molecule has 0 amide bonds. The highest BCUT2D eigenvalue weighted by Gasteiger charge is 2.73. The zero-order chi connectivity index (χ0) is 26.8. The van der Waals surface area contributed by atoms with Crippen molar-refractivity contribution >= 4 is 17.3 Å². The summed E-state index contributed by atoms with van der Waals surface area (Å²) in [5.41, 5.74) is -2.21. The molecule has 3 saturated carbocycles. The Hall–Kier alpha value is -1.37. The lowest BCUT2D eigenvalue weighted by atomic mass is 9.38. The summed E-state index contributed by atoms with van der Waals surface area (Å²) in [6.45, 7) is 15.7. The predicted molar refractivity (Wildman–Crippen MR) is 135 cm³/mol. The van der Waals surface area contributed by atoms with Crippen LogP contribution < -0.4 is 0 Å². The summed E-state index contributed by atoms with van der Waals surface area (Å²) in [6, 6.07) is 0. The van der Waals surface area contributed by atoms with Crippen LogP contribution in [0.15, 0.2) is 11.6 Å². The predicted octanol–water partition coefficient (Wildman–Crippen LogP) is 4.05. The number of fused-ring (bicyclic) bond motifs is 7. The van der Waals surface area contributed by atoms with Crippen molar-refractivity contribution in [3.8, 4) is 0 Å². The minimum absolute atomic E-state index is 0.00209. The number of Topliss-reactive ketones (excluding diaryl/α,β-unsaturated/α-hetero) is 3. The molecule has 0 aromatic rings. The number of hydrogen-bond acceptors (Lipinski definition) is 6. The minimum Gasteiger partial charge on any atom is -0.388 e. The molecule has 4 aliphatic carbocycles. The molecule has 6 nitrogen and oxygen atoms in total. The second-order valence-corrected chi connectivity index (χ2v) is 14.5. The van der Waals surface area contributed by atoms with Crippen LogP contribution in [0.3, 0.4) is 0 Å². The molecule has 1 heterocycles. The Morgan fingerprint density at radius 2 is 1.64 bits per heavy atom. The summed E-state index contributed by atoms with van der Waals surface area (Å²) in [4.78, 5) is 40.6. The van der Waals surface area contributed by atoms with E-state index < -0.39 is 34.1 Å². The van der Waals surface area contributed by atoms with Gasteiger partial charge in [-0.2, -0.15) is 0 Å². The summed E-state index contributed by atoms with van der Waals surface area (Å²) < 4.78 is 6.60. The number of hydrogen-bond donors (Lipinski definition) is 2. The molecular formula is C30H44O6. The SMILES string of the molecule is C[C@H]1C(=O)C[C@@H](C(C)(C)O)O[C@H]2C[C@@]3(C)[C@@H]4CC=C5[C@@H](CC(=O)[C@@H](O)C5(C)C)[C@]4(C)C(=O)C[C@]3(C)[C@H]21. The molecule has 0 aromatic heterocycles. The average molecular weight is 501 g/mol. The third kappa shape index (κ3) is 3.10. The van der Waals surface area contributed by atoms with Crippen molar-refractivity contribution in [3.05, 3.63) is 11.6 Å². The van der Waals surface area contributed by atoms with Crippen LogP contribution in [0.25, 0.3) is 0 Å². The Morgan fingerprint density at radius 1 is 1.00 bits per heavy atom. The Morgan fingerprint density at radius 3 is 2.25 bits per heavy atom. The fraction of sp³-hybridized carbons (Fsp3) is 0.833. The molecule has 0 aromatic carbocycles. The van der Waals surface area contributed by atoms with Gasteiger partial charge in [0.05, 0.1) is 17.8 Å². The number of ether oxygens (including phenoxy) is 1. The molecular weight excluding hydrogens is 456 g/mol. The molecule has 0 spiro atoms. The summed E-state index contributed by atoms with van der Waals surface area (Å²) in [5, 5.41) is 21.5. The van der Waals surface area contributed by atoms with Gasteiger partial charge in [0.15, 0.2) is 5.78 Å². The summed E-state index contributed by atoms with van der Waals surface area (Å²) in [6.07, 6.45) is 2.54. The monoisotopic (exact) mass is 500 g/mol. The quantitative estimate of drug-likeness (QED) is 0.527. The van der Waals surface area contributed by atoms with Crippen molar-refractivity contribution in [1.82, 2.24) is 0 Å². The van der Waals surface area contributed by atoms with Crippen molar-refractivity contribution < 1.29 is 29.3 Å². The normalized spacial score (nSPS) is 50.4. The van der Waals surface area contributed by atoms with Crippen molar-refractivity contribution in [1.29, 1.82) is 0 Å². The zero-order valence-corrected chi connectivity index (χ0v) is 23.2. The van der Waals surface area contributed by atoms with Gasteiger partial charge < -0.3 is 14.9 Å². The van der Waals surface area contributed by atoms with Crippen molar-refractivity contribution in [3.63, 3.8) is 0 Å². The average Bonchev–Trinajstić information content (AvgIpc) is 2.88. The van der Waals surface area contributed by atoms with Crippen LogP contribution in [-0.2, 0) is 19.1 Å². The van der Waals surface area contributed by atoms with E-state index in [2.05, 4.69) is 26.8 Å². The number of aliphatic hydroxyl groups excluding tert-OH is 1. The van der Waals surface area contributed by atoms with E-state index in [0.717, 1.165) is 12.0 Å². The van der Waals surface area contributed by atoms with Crippen LogP contribution in [0.2, 0.25) is 0 Å². The Kier molecular flexibility index (Phi) is 5.54. The molecule has 10 atom stereocenters. The van der Waals surface area contributed by atoms with Crippen molar-refractivity contribution in [2.45, 2.75) is 111 Å². The fourth-order valence-corrected chi connectivity index (χ4v) is 9.62. The Bertz CT molecular complexity index is 1050. The lowest BCUT2D eigenvalue weighted by Crippen LogP contribution is -2.64. The number of aliphatic hydroxyl groups is 2. The standard InChI is InChI=1S/C30H44O6/c1-15-18(31)12-23(27(4,5)35)36-20-13-28(6)21-10-9-16-17(11-19(32)25(34)26(16,2)3)30(21,8)22(33)14-29(28,7)24(15)20/h9,15,17,20-21,23-25,34-35H,10-14H2,1-8H3/t15-,17+,20-,21-,23-,24-,25+,28-,29+,30-/m0/s1. The van der Waals surface area contributed by atoms with Gasteiger partial charge >= 0.3 is 0 Å². The van der Waals surface area contributed by atoms with Gasteiger partial charge in [-0.15, -0.1) is 0 Å². The third-order valence-electron chi connectivity index (χ3n) is 12.1. The van der Waals surface area contributed by atoms with Gasteiger partial charge in [-0.3, -0.25) is 14.4 Å². The van der Waals surface area contributed by atoms with Crippen molar-refractivity contribution in [2.75, 3.05) is 0 Å². The van der Waals surface area contributed by atoms with E-state index >= 15 is 0 Å². The highest BCUT2D eigenvalue weighted by molar-refractivity contribution is 5.92. The maximum Gasteiger partial charge on any atom is 0.162 e. The van der Waals surface area contributed by atoms with Gasteiger partial charge in [-0.1, -0.05) is 53.2 Å². The smallest absolute Gasteiger partial charge is 0.162 e. The summed E-state index contributed by atoms with van der Waals surface area (Å²) in [7, 11) is 0. The van der Waals surface area contributed by atoms with E-state index in [1.54, 1.807) is 13.8 Å². The lowest BCUT2D eigenvalue weighted by molar-refractivity contribution is -0.173. The van der Waals surface area contributed by atoms with Gasteiger partial charge in [0.1, 0.15) is 17.7 Å². The number of allylic oxidation sites excluding steroid dienone is 1. The van der Waals surface area contributed by atoms with E-state index in [1.165, 1.54) is 0 Å². The van der Waals surface area contributed by atoms with Crippen LogP contribution in [0.5, 0.6) is 0 Å². The first-order valence-corrected chi connectivity index (χ1v) is 13.8. The van der Waals surface area contributed by atoms with Crippen LogP contribution >= 0.6 is 0 Å². The van der Waals surface area contributed by atoms with Crippen molar-refractivity contribution in [2.24, 2.45) is 45.3 Å². The summed E-state index contributed by atoms with van der Waals surface area (Å²) in [5.74, 6) is -0.485. The van der Waals surface area contributed by atoms with Gasteiger partial charge in [0.25, 0.3) is 0 Å². The number of carbonyl (C=O) groups excluding carboxylic acids is 3. The maximum atomic E-state index is 14.3. The first-order valence-electron chi connectivity index (χ1n) is 13.8. The third-order valence-corrected chi connectivity index (χ3v) is 12.1. The largest absolute Gasteiger partial charge is 0.388 e. The van der Waals surface area contributed by atoms with Crippen LogP contribution in [0.4, 0.5) is 0 Å². The topological polar surface area (TPSA) is 101 Å². The second-order valence-electron chi connectivity index (χ2n) is 14.5. The Balaban J connectivity index is 1.62. The van der Waals surface area contributed by atoms with Gasteiger partial charge in [-0.25, -0.2) is 0 Å². The molecule has 5 aliphatic rings. The Labute approximate surface area is 215 Å². The maximum absolute atomic E-state index is 14.3. The second kappa shape index (κ2) is 7.60. The van der Waals surface area contributed by atoms with Gasteiger partial charge in [0, 0.05) is 41.9 Å². The summed E-state index contributed by atoms with van der Waals surface area (Å²) >= 11 is 0. The number of rotatable bonds is 1. The fourth-order valence-electron chi connectivity index (χ4n) is 9.62. The molecule has 1 aliphatic heterocycles. The molecule has 36 heavy (non-hydrogen) atoms. The molecule has 0 unspecified atom stereocenters. The van der Waals surface area contributed by atoms with Gasteiger partial charge in [-0.05, 0) is 49.4 Å².